The van der Waals surface area contributed by atoms with Crippen LogP contribution in [0.3, 0.4) is 0 Å². The molecule has 12 heteroatoms. The summed E-state index contributed by atoms with van der Waals surface area (Å²) in [6.45, 7) is 11.4. The first-order valence-electron chi connectivity index (χ1n) is 14.5. The Labute approximate surface area is 236 Å². The van der Waals surface area contributed by atoms with Crippen molar-refractivity contribution in [1.82, 2.24) is 0 Å². The van der Waals surface area contributed by atoms with Crippen molar-refractivity contribution in [1.29, 1.82) is 0 Å². The highest BCUT2D eigenvalue weighted by Crippen LogP contribution is 2.67. The van der Waals surface area contributed by atoms with Gasteiger partial charge in [-0.2, -0.15) is 8.42 Å². The van der Waals surface area contributed by atoms with Gasteiger partial charge in [0.05, 0.1) is 30.5 Å². The van der Waals surface area contributed by atoms with E-state index in [1.54, 1.807) is 6.92 Å². The van der Waals surface area contributed by atoms with Gasteiger partial charge < -0.3 is 30.6 Å². The van der Waals surface area contributed by atoms with Crippen LogP contribution in [0.1, 0.15) is 67.2 Å². The Morgan fingerprint density at radius 1 is 0.900 bits per heavy atom. The first kappa shape index (κ1) is 32.2. The maximum Gasteiger partial charge on any atom is 0.397 e. The van der Waals surface area contributed by atoms with Gasteiger partial charge >= 0.3 is 10.4 Å². The topological polar surface area (TPSA) is 202 Å². The highest BCUT2D eigenvalue weighted by Gasteiger charge is 2.70. The van der Waals surface area contributed by atoms with Crippen LogP contribution in [0.5, 0.6) is 0 Å². The van der Waals surface area contributed by atoms with Gasteiger partial charge in [-0.25, -0.2) is 4.18 Å². The number of hydrogen-bond acceptors (Lipinski definition) is 10. The molecule has 4 aliphatic carbocycles. The summed E-state index contributed by atoms with van der Waals surface area (Å²) in [5.74, 6) is -3.65. The van der Waals surface area contributed by atoms with Gasteiger partial charge in [0.25, 0.3) is 0 Å². The van der Waals surface area contributed by atoms with Gasteiger partial charge in [-0.05, 0) is 59.7 Å². The lowest BCUT2D eigenvalue weighted by molar-refractivity contribution is -0.264. The van der Waals surface area contributed by atoms with Gasteiger partial charge in [0.1, 0.15) is 18.0 Å². The van der Waals surface area contributed by atoms with Crippen LogP contribution in [0.2, 0.25) is 0 Å². The molecule has 11 nitrogen and oxygen atoms in total. The molecule has 0 aromatic rings. The Kier molecular flexibility index (Phi) is 8.68. The second kappa shape index (κ2) is 10.8. The van der Waals surface area contributed by atoms with Crippen molar-refractivity contribution in [3.05, 3.63) is 0 Å². The van der Waals surface area contributed by atoms with Crippen molar-refractivity contribution >= 4 is 16.2 Å². The molecule has 4 aliphatic rings. The lowest BCUT2D eigenvalue weighted by Crippen LogP contribution is -2.70. The van der Waals surface area contributed by atoms with E-state index >= 15 is 0 Å². The molecule has 0 spiro atoms. The number of carbonyl (C=O) groups excluding carboxylic acids is 1. The zero-order valence-electron chi connectivity index (χ0n) is 24.2. The van der Waals surface area contributed by atoms with Gasteiger partial charge in [0.2, 0.25) is 0 Å². The number of Topliss-reactive ketones (excluding diaryl/α,β-unsaturated/α-hetero) is 1. The van der Waals surface area contributed by atoms with Crippen molar-refractivity contribution in [3.8, 4) is 0 Å². The van der Waals surface area contributed by atoms with Crippen LogP contribution in [0.15, 0.2) is 0 Å². The Bertz CT molecular complexity index is 1070. The quantitative estimate of drug-likeness (QED) is 0.203. The van der Waals surface area contributed by atoms with Crippen LogP contribution >= 0.6 is 0 Å². The summed E-state index contributed by atoms with van der Waals surface area (Å²) in [7, 11) is -4.96. The van der Waals surface area contributed by atoms with E-state index in [1.165, 1.54) is 0 Å². The molecule has 0 aromatic heterocycles. The van der Waals surface area contributed by atoms with Gasteiger partial charge in [0, 0.05) is 24.2 Å². The van der Waals surface area contributed by atoms with E-state index in [1.807, 2.05) is 34.6 Å². The van der Waals surface area contributed by atoms with E-state index in [9.17, 15) is 48.4 Å². The Balaban J connectivity index is 1.68. The molecule has 232 valence electrons. The van der Waals surface area contributed by atoms with E-state index in [0.29, 0.717) is 12.8 Å². The second-order valence-corrected chi connectivity index (χ2v) is 15.2. The third kappa shape index (κ3) is 4.98. The monoisotopic (exact) mass is 592 g/mol. The van der Waals surface area contributed by atoms with E-state index in [0.717, 1.165) is 0 Å². The Hall–Kier alpha value is -0.700. The second-order valence-electron chi connectivity index (χ2n) is 14.2. The Morgan fingerprint density at radius 3 is 2.02 bits per heavy atom. The van der Waals surface area contributed by atoms with Crippen molar-refractivity contribution in [3.63, 3.8) is 0 Å². The predicted octanol–water partition coefficient (Wildman–Crippen LogP) is 0.546. The maximum absolute atomic E-state index is 13.7. The number of ketones is 1. The third-order valence-electron chi connectivity index (χ3n) is 12.0. The first-order chi connectivity index (χ1) is 18.3. The molecule has 0 radical (unpaired) electrons. The van der Waals surface area contributed by atoms with E-state index in [4.69, 9.17) is 4.18 Å². The van der Waals surface area contributed by atoms with Crippen molar-refractivity contribution < 1.29 is 52.6 Å². The van der Waals surface area contributed by atoms with Crippen LogP contribution in [-0.2, 0) is 19.4 Å². The zero-order valence-corrected chi connectivity index (χ0v) is 25.0. The fourth-order valence-electron chi connectivity index (χ4n) is 9.50. The van der Waals surface area contributed by atoms with Gasteiger partial charge in [-0.1, -0.05) is 41.5 Å². The molecule has 7 N–H and O–H groups in total. The fourth-order valence-corrected chi connectivity index (χ4v) is 9.99. The molecule has 4 rings (SSSR count). The summed E-state index contributed by atoms with van der Waals surface area (Å²) in [5, 5.41) is 66.4. The highest BCUT2D eigenvalue weighted by molar-refractivity contribution is 7.80. The Morgan fingerprint density at radius 2 is 1.48 bits per heavy atom. The molecule has 4 saturated carbocycles. The molecule has 0 bridgehead atoms. The molecule has 0 amide bonds. The number of hydrogen-bond donors (Lipinski definition) is 7. The largest absolute Gasteiger partial charge is 0.397 e. The summed E-state index contributed by atoms with van der Waals surface area (Å²) in [4.78, 5) is 13.7. The van der Waals surface area contributed by atoms with Crippen molar-refractivity contribution in [2.24, 2.45) is 58.2 Å². The first-order valence-corrected chi connectivity index (χ1v) is 15.9. The normalized spacial score (nSPS) is 48.6. The fraction of sp³-hybridized carbons (Fsp3) is 0.964. The van der Waals surface area contributed by atoms with Gasteiger partial charge in [0.15, 0.2) is 0 Å². The molecular weight excluding hydrogens is 544 g/mol. The van der Waals surface area contributed by atoms with Crippen molar-refractivity contribution in [2.75, 3.05) is 0 Å². The molecule has 0 aliphatic heterocycles. The standard InChI is InChI=1S/C28H48O11S/c1-11(2)12(3)21(30)22(31)13(4)15-9-16(29)19-18-14(7-8-27(15,19)5)28(6)10-17(39-40(36,37)38)23(32)25(34)20(28)26(35)24(18)33/h11-15,17-26,30-35H,7-10H2,1-6H3,(H,36,37,38)/t12-,13-,14?,15+,17?,18?,19?,20?,21?,22?,23?,24?,25?,26?,27+,28+/m0/s1. The lowest BCUT2D eigenvalue weighted by atomic mass is 9.42. The van der Waals surface area contributed by atoms with Crippen LogP contribution in [0.25, 0.3) is 0 Å². The van der Waals surface area contributed by atoms with E-state index in [2.05, 4.69) is 0 Å². The average molecular weight is 593 g/mol. The van der Waals surface area contributed by atoms with Crippen LogP contribution < -0.4 is 0 Å². The number of fused-ring (bicyclic) bond motifs is 5. The van der Waals surface area contributed by atoms with Crippen molar-refractivity contribution in [2.45, 2.75) is 110 Å². The predicted molar refractivity (Wildman–Crippen MR) is 143 cm³/mol. The number of rotatable bonds is 7. The molecule has 16 atom stereocenters. The summed E-state index contributed by atoms with van der Waals surface area (Å²) in [5.41, 5.74) is -1.68. The van der Waals surface area contributed by atoms with Crippen LogP contribution in [0, 0.1) is 58.2 Å². The minimum Gasteiger partial charge on any atom is -0.390 e. The maximum atomic E-state index is 13.7. The molecule has 0 heterocycles. The molecule has 4 fully saturated rings. The smallest absolute Gasteiger partial charge is 0.390 e. The minimum absolute atomic E-state index is 0.0944. The van der Waals surface area contributed by atoms with Gasteiger partial charge in [-0.3, -0.25) is 9.35 Å². The highest BCUT2D eigenvalue weighted by atomic mass is 32.3. The molecule has 0 aromatic carbocycles. The number of carbonyl (C=O) groups is 1. The average Bonchev–Trinajstić information content (AvgIpc) is 3.12. The molecule has 0 saturated heterocycles. The minimum atomic E-state index is -4.96. The zero-order chi connectivity index (χ0) is 30.3. The number of aliphatic hydroxyl groups excluding tert-OH is 6. The lowest BCUT2D eigenvalue weighted by Gasteiger charge is -2.64. The molecular formula is C28H48O11S. The number of aliphatic hydroxyl groups is 6. The molecule has 11 unspecified atom stereocenters. The summed E-state index contributed by atoms with van der Waals surface area (Å²) < 4.78 is 37.0. The summed E-state index contributed by atoms with van der Waals surface area (Å²) >= 11 is 0. The van der Waals surface area contributed by atoms with E-state index in [-0.39, 0.29) is 36.4 Å². The van der Waals surface area contributed by atoms with Gasteiger partial charge in [-0.15, -0.1) is 0 Å². The summed E-state index contributed by atoms with van der Waals surface area (Å²) in [6, 6.07) is 0. The molecule has 40 heavy (non-hydrogen) atoms. The van der Waals surface area contributed by atoms with Crippen LogP contribution in [-0.4, -0.2) is 92.1 Å². The third-order valence-corrected chi connectivity index (χ3v) is 12.5. The summed E-state index contributed by atoms with van der Waals surface area (Å²) in [6.07, 6.45) is -8.72. The van der Waals surface area contributed by atoms with Crippen LogP contribution in [0.4, 0.5) is 0 Å². The van der Waals surface area contributed by atoms with E-state index < -0.39 is 93.5 Å². The SMILES string of the molecule is CC(C)[C@H](C)C(O)C(O)[C@@H](C)[C@H]1CC(=O)C2C3C(O)C(O)C4C(O)C(O)C(OS(=O)(=O)O)C[C@]4(C)C3CC[C@@]21C.